The summed E-state index contributed by atoms with van der Waals surface area (Å²) >= 11 is 0. The van der Waals surface area contributed by atoms with E-state index in [1.165, 1.54) is 26.4 Å². The quantitative estimate of drug-likeness (QED) is 0.790. The van der Waals surface area contributed by atoms with Crippen molar-refractivity contribution in [1.29, 1.82) is 0 Å². The number of rotatable bonds is 4. The normalized spacial score (nSPS) is 9.69. The number of aromatic hydroxyl groups is 1. The molecule has 88 valence electrons. The highest BCUT2D eigenvalue weighted by Gasteiger charge is 2.15. The molecule has 0 bridgehead atoms. The first-order valence-electron chi connectivity index (χ1n) is 4.76. The topological polar surface area (TPSA) is 65.0 Å². The van der Waals surface area contributed by atoms with Gasteiger partial charge in [0.1, 0.15) is 0 Å². The molecule has 0 radical (unpaired) electrons. The second kappa shape index (κ2) is 5.25. The van der Waals surface area contributed by atoms with E-state index in [2.05, 4.69) is 4.74 Å². The van der Waals surface area contributed by atoms with E-state index in [0.717, 1.165) is 0 Å². The van der Waals surface area contributed by atoms with Crippen LogP contribution in [0.3, 0.4) is 0 Å². The molecule has 0 amide bonds. The summed E-state index contributed by atoms with van der Waals surface area (Å²) in [5, 5.41) is 9.70. The Morgan fingerprint density at radius 1 is 1.31 bits per heavy atom. The van der Waals surface area contributed by atoms with Crippen molar-refractivity contribution >= 4 is 5.97 Å². The summed E-state index contributed by atoms with van der Waals surface area (Å²) in [6, 6.07) is 2.80. The van der Waals surface area contributed by atoms with Gasteiger partial charge in [0.25, 0.3) is 0 Å². The zero-order chi connectivity index (χ0) is 12.1. The Bertz CT molecular complexity index is 386. The lowest BCUT2D eigenvalue weighted by atomic mass is 10.2. The van der Waals surface area contributed by atoms with Crippen molar-refractivity contribution in [3.8, 4) is 17.2 Å². The van der Waals surface area contributed by atoms with Crippen LogP contribution in [0.2, 0.25) is 0 Å². The van der Waals surface area contributed by atoms with Crippen LogP contribution in [0.25, 0.3) is 0 Å². The van der Waals surface area contributed by atoms with Gasteiger partial charge in [0.2, 0.25) is 5.75 Å². The van der Waals surface area contributed by atoms with Gasteiger partial charge in [-0.15, -0.1) is 0 Å². The molecule has 1 N–H and O–H groups in total. The summed E-state index contributed by atoms with van der Waals surface area (Å²) < 4.78 is 14.7. The van der Waals surface area contributed by atoms with Gasteiger partial charge in [-0.05, 0) is 19.1 Å². The van der Waals surface area contributed by atoms with Crippen LogP contribution in [-0.4, -0.2) is 31.9 Å². The van der Waals surface area contributed by atoms with Crippen LogP contribution >= 0.6 is 0 Å². The monoisotopic (exact) mass is 226 g/mol. The summed E-state index contributed by atoms with van der Waals surface area (Å²) in [6.45, 7) is 2.15. The first-order chi connectivity index (χ1) is 7.63. The van der Waals surface area contributed by atoms with Gasteiger partial charge in [-0.1, -0.05) is 0 Å². The lowest BCUT2D eigenvalue weighted by Crippen LogP contribution is -2.03. The van der Waals surface area contributed by atoms with E-state index in [4.69, 9.17) is 9.47 Å². The Morgan fingerprint density at radius 2 is 1.94 bits per heavy atom. The average molecular weight is 226 g/mol. The highest BCUT2D eigenvalue weighted by Crippen LogP contribution is 2.37. The van der Waals surface area contributed by atoms with Crippen molar-refractivity contribution in [2.75, 3.05) is 20.8 Å². The first-order valence-corrected chi connectivity index (χ1v) is 4.76. The first kappa shape index (κ1) is 12.2. The number of carbonyl (C=O) groups excluding carboxylic acids is 1. The van der Waals surface area contributed by atoms with E-state index < -0.39 is 5.97 Å². The summed E-state index contributed by atoms with van der Waals surface area (Å²) in [5.41, 5.74) is 0.264. The molecule has 0 aliphatic heterocycles. The van der Waals surface area contributed by atoms with Gasteiger partial charge in [-0.25, -0.2) is 4.79 Å². The number of hydrogen-bond acceptors (Lipinski definition) is 5. The average Bonchev–Trinajstić information content (AvgIpc) is 2.31. The minimum Gasteiger partial charge on any atom is -0.502 e. The third kappa shape index (κ3) is 2.36. The molecule has 5 nitrogen and oxygen atoms in total. The molecule has 0 fully saturated rings. The van der Waals surface area contributed by atoms with Gasteiger partial charge in [0, 0.05) is 0 Å². The zero-order valence-corrected chi connectivity index (χ0v) is 9.44. The maximum absolute atomic E-state index is 11.3. The fourth-order valence-corrected chi connectivity index (χ4v) is 1.24. The lowest BCUT2D eigenvalue weighted by Gasteiger charge is -2.11. The third-order valence-electron chi connectivity index (χ3n) is 1.98. The molecular formula is C11H14O5. The van der Waals surface area contributed by atoms with Crippen LogP contribution in [0, 0.1) is 0 Å². The number of methoxy groups -OCH3 is 2. The van der Waals surface area contributed by atoms with Crippen molar-refractivity contribution in [2.45, 2.75) is 6.92 Å². The Hall–Kier alpha value is -1.91. The predicted octanol–water partition coefficient (Wildman–Crippen LogP) is 1.59. The van der Waals surface area contributed by atoms with E-state index >= 15 is 0 Å². The van der Waals surface area contributed by atoms with Gasteiger partial charge in [-0.2, -0.15) is 0 Å². The molecule has 5 heteroatoms. The Labute approximate surface area is 93.6 Å². The van der Waals surface area contributed by atoms with E-state index in [9.17, 15) is 9.90 Å². The maximum Gasteiger partial charge on any atom is 0.338 e. The van der Waals surface area contributed by atoms with Crippen molar-refractivity contribution < 1.29 is 24.1 Å². The number of ether oxygens (including phenoxy) is 3. The Kier molecular flexibility index (Phi) is 3.99. The molecule has 0 saturated carbocycles. The highest BCUT2D eigenvalue weighted by molar-refractivity contribution is 5.91. The molecule has 0 aromatic heterocycles. The minimum atomic E-state index is -0.515. The van der Waals surface area contributed by atoms with Gasteiger partial charge in [0.05, 0.1) is 26.4 Å². The molecule has 16 heavy (non-hydrogen) atoms. The second-order valence-electron chi connectivity index (χ2n) is 2.95. The van der Waals surface area contributed by atoms with Gasteiger partial charge in [-0.3, -0.25) is 0 Å². The number of phenolic OH excluding ortho intramolecular Hbond substituents is 1. The van der Waals surface area contributed by atoms with Crippen LogP contribution in [0.5, 0.6) is 17.2 Å². The number of hydrogen-bond donors (Lipinski definition) is 1. The van der Waals surface area contributed by atoms with E-state index in [0.29, 0.717) is 6.61 Å². The van der Waals surface area contributed by atoms with Crippen LogP contribution in [0.1, 0.15) is 17.3 Å². The van der Waals surface area contributed by atoms with Gasteiger partial charge < -0.3 is 19.3 Å². The molecule has 0 spiro atoms. The molecule has 1 rings (SSSR count). The molecule has 0 heterocycles. The minimum absolute atomic E-state index is 0.128. The Balaban J connectivity index is 3.22. The van der Waals surface area contributed by atoms with E-state index in [1.54, 1.807) is 6.92 Å². The van der Waals surface area contributed by atoms with Crippen molar-refractivity contribution in [1.82, 2.24) is 0 Å². The molecule has 0 atom stereocenters. The molecule has 0 unspecified atom stereocenters. The van der Waals surface area contributed by atoms with Crippen LogP contribution < -0.4 is 9.47 Å². The summed E-state index contributed by atoms with van der Waals surface area (Å²) in [7, 11) is 2.67. The number of phenols is 1. The van der Waals surface area contributed by atoms with Crippen LogP contribution in [0.4, 0.5) is 0 Å². The van der Waals surface area contributed by atoms with Crippen molar-refractivity contribution in [3.63, 3.8) is 0 Å². The van der Waals surface area contributed by atoms with Crippen LogP contribution in [0.15, 0.2) is 12.1 Å². The number of esters is 1. The molecule has 0 aliphatic carbocycles. The van der Waals surface area contributed by atoms with Gasteiger partial charge in [0.15, 0.2) is 11.5 Å². The summed E-state index contributed by atoms with van der Waals surface area (Å²) in [6.07, 6.45) is 0. The number of benzene rings is 1. The molecule has 0 saturated heterocycles. The molecule has 1 aromatic carbocycles. The largest absolute Gasteiger partial charge is 0.502 e. The fourth-order valence-electron chi connectivity index (χ4n) is 1.24. The predicted molar refractivity (Wildman–Crippen MR) is 57.2 cm³/mol. The summed E-state index contributed by atoms with van der Waals surface area (Å²) in [4.78, 5) is 11.3. The van der Waals surface area contributed by atoms with E-state index in [1.807, 2.05) is 0 Å². The molecular weight excluding hydrogens is 212 g/mol. The lowest BCUT2D eigenvalue weighted by molar-refractivity contribution is 0.0599. The Morgan fingerprint density at radius 3 is 2.44 bits per heavy atom. The van der Waals surface area contributed by atoms with Gasteiger partial charge >= 0.3 is 5.97 Å². The fraction of sp³-hybridized carbons (Fsp3) is 0.364. The SMILES string of the molecule is CCOc1cc(C(=O)OC)cc(OC)c1O. The van der Waals surface area contributed by atoms with E-state index in [-0.39, 0.29) is 22.8 Å². The third-order valence-corrected chi connectivity index (χ3v) is 1.98. The highest BCUT2D eigenvalue weighted by atomic mass is 16.5. The molecule has 0 aliphatic rings. The van der Waals surface area contributed by atoms with Crippen LogP contribution in [-0.2, 0) is 4.74 Å². The smallest absolute Gasteiger partial charge is 0.338 e. The zero-order valence-electron chi connectivity index (χ0n) is 9.44. The molecule has 1 aromatic rings. The number of carbonyl (C=O) groups is 1. The standard InChI is InChI=1S/C11H14O5/c1-4-16-9-6-7(11(13)15-3)5-8(14-2)10(9)12/h5-6,12H,4H2,1-3H3. The van der Waals surface area contributed by atoms with Crippen molar-refractivity contribution in [3.05, 3.63) is 17.7 Å². The summed E-state index contributed by atoms with van der Waals surface area (Å²) in [5.74, 6) is -0.273. The van der Waals surface area contributed by atoms with Crippen molar-refractivity contribution in [2.24, 2.45) is 0 Å². The second-order valence-corrected chi connectivity index (χ2v) is 2.95. The maximum atomic E-state index is 11.3.